The molecule has 0 atom stereocenters. The minimum absolute atomic E-state index is 0. The summed E-state index contributed by atoms with van der Waals surface area (Å²) in [6.07, 6.45) is 0. The van der Waals surface area contributed by atoms with Crippen molar-refractivity contribution in [2.45, 2.75) is 0 Å². The van der Waals surface area contributed by atoms with E-state index in [4.69, 9.17) is 9.13 Å². The molecule has 0 saturated heterocycles. The van der Waals surface area contributed by atoms with Gasteiger partial charge in [0.1, 0.15) is 0 Å². The number of rotatable bonds is 0. The molecule has 2 nitrogen and oxygen atoms in total. The monoisotopic (exact) mass is 138 g/mol. The van der Waals surface area contributed by atoms with E-state index < -0.39 is 6.88 Å². The van der Waals surface area contributed by atoms with Gasteiger partial charge in [-0.05, 0) is 0 Å². The summed E-state index contributed by atoms with van der Waals surface area (Å²) in [5, 5.41) is 0. The normalized spacial score (nSPS) is 4.17. The Kier molecular flexibility index (Phi) is 24.8. The maximum Gasteiger partial charge on any atom is 0.390 e. The van der Waals surface area contributed by atoms with Crippen molar-refractivity contribution < 1.29 is 9.13 Å². The van der Waals surface area contributed by atoms with Crippen LogP contribution >= 0.6 is 31.5 Å². The zero-order valence-electron chi connectivity index (χ0n) is 3.08. The van der Waals surface area contributed by atoms with E-state index in [1.54, 1.807) is 0 Å². The van der Waals surface area contributed by atoms with Crippen molar-refractivity contribution >= 4 is 50.4 Å². The SMILES string of the molecule is Cl.O=P(=O)[S].[Li]. The van der Waals surface area contributed by atoms with Gasteiger partial charge in [-0.15, -0.1) is 12.4 Å². The Morgan fingerprint density at radius 3 is 1.33 bits per heavy atom. The molecule has 0 N–H and O–H groups in total. The molecule has 32 valence electrons. The second-order valence-electron chi connectivity index (χ2n) is 0.224. The van der Waals surface area contributed by atoms with E-state index in [9.17, 15) is 0 Å². The molecule has 0 aromatic carbocycles. The summed E-state index contributed by atoms with van der Waals surface area (Å²) in [5.74, 6) is 0. The molecule has 0 fully saturated rings. The number of hydrogen-bond acceptors (Lipinski definition) is 2. The van der Waals surface area contributed by atoms with Crippen LogP contribution in [0.5, 0.6) is 0 Å². The van der Waals surface area contributed by atoms with Crippen LogP contribution in [0.4, 0.5) is 0 Å². The first-order valence-corrected chi connectivity index (χ1v) is 2.74. The van der Waals surface area contributed by atoms with Gasteiger partial charge in [0.15, 0.2) is 0 Å². The summed E-state index contributed by atoms with van der Waals surface area (Å²) in [6, 6.07) is 0. The molecule has 0 heterocycles. The van der Waals surface area contributed by atoms with Crippen LogP contribution < -0.4 is 0 Å². The van der Waals surface area contributed by atoms with Crippen LogP contribution in [0, 0.1) is 0 Å². The van der Waals surface area contributed by atoms with Gasteiger partial charge in [-0.1, -0.05) is 0 Å². The second kappa shape index (κ2) is 9.46. The van der Waals surface area contributed by atoms with Crippen LogP contribution in [-0.4, -0.2) is 18.9 Å². The fourth-order valence-electron chi connectivity index (χ4n) is 0. The van der Waals surface area contributed by atoms with Crippen molar-refractivity contribution in [3.63, 3.8) is 0 Å². The fraction of sp³-hybridized carbons (Fsp3) is 0. The molecule has 0 bridgehead atoms. The summed E-state index contributed by atoms with van der Waals surface area (Å²) in [7, 11) is 0. The summed E-state index contributed by atoms with van der Waals surface area (Å²) in [5.41, 5.74) is 0. The maximum absolute atomic E-state index is 8.85. The Morgan fingerprint density at radius 2 is 1.33 bits per heavy atom. The zero-order chi connectivity index (χ0) is 3.58. The van der Waals surface area contributed by atoms with Crippen LogP contribution in [0.2, 0.25) is 0 Å². The average molecular weight is 138 g/mol. The standard InChI is InChI=1S/ClH.Li.O2PS/c;;1-3(2)4/h1H;;. The molecule has 0 amide bonds. The van der Waals surface area contributed by atoms with E-state index in [-0.39, 0.29) is 31.3 Å². The quantitative estimate of drug-likeness (QED) is 0.374. The van der Waals surface area contributed by atoms with Crippen molar-refractivity contribution in [1.29, 1.82) is 0 Å². The first-order valence-electron chi connectivity index (χ1n) is 0.548. The van der Waals surface area contributed by atoms with Gasteiger partial charge in [0.2, 0.25) is 0 Å². The first kappa shape index (κ1) is 15.7. The molecule has 6 heavy (non-hydrogen) atoms. The van der Waals surface area contributed by atoms with Gasteiger partial charge in [-0.3, -0.25) is 0 Å². The summed E-state index contributed by atoms with van der Waals surface area (Å²) < 4.78 is 17.7. The van der Waals surface area contributed by atoms with Crippen LogP contribution in [0.25, 0.3) is 0 Å². The van der Waals surface area contributed by atoms with Gasteiger partial charge < -0.3 is 0 Å². The fourth-order valence-corrected chi connectivity index (χ4v) is 0. The Morgan fingerprint density at radius 1 is 1.33 bits per heavy atom. The van der Waals surface area contributed by atoms with Crippen molar-refractivity contribution in [2.75, 3.05) is 0 Å². The Hall–Kier alpha value is 1.14. The predicted molar refractivity (Wildman–Crippen MR) is 28.9 cm³/mol. The Bertz CT molecular complexity index is 61.9. The summed E-state index contributed by atoms with van der Waals surface area (Å²) in [4.78, 5) is 0. The molecule has 0 aromatic rings. The van der Waals surface area contributed by atoms with Crippen LogP contribution in [-0.2, 0) is 9.13 Å². The van der Waals surface area contributed by atoms with Crippen molar-refractivity contribution in [1.82, 2.24) is 0 Å². The van der Waals surface area contributed by atoms with Crippen molar-refractivity contribution in [3.05, 3.63) is 0 Å². The Labute approximate surface area is 59.6 Å². The van der Waals surface area contributed by atoms with Gasteiger partial charge in [-0.2, -0.15) is 0 Å². The molecule has 6 heteroatoms. The smallest absolute Gasteiger partial charge is 0.224 e. The molecule has 0 aliphatic rings. The van der Waals surface area contributed by atoms with Gasteiger partial charge in [-0.25, -0.2) is 9.13 Å². The van der Waals surface area contributed by atoms with E-state index >= 15 is 0 Å². The molecule has 0 aromatic heterocycles. The van der Waals surface area contributed by atoms with Crippen LogP contribution in [0.1, 0.15) is 0 Å². The molecule has 0 rings (SSSR count). The van der Waals surface area contributed by atoms with E-state index in [0.29, 0.717) is 0 Å². The molecule has 0 aliphatic heterocycles. The van der Waals surface area contributed by atoms with Crippen LogP contribution in [0.15, 0.2) is 0 Å². The molecule has 0 saturated carbocycles. The van der Waals surface area contributed by atoms with E-state index in [0.717, 1.165) is 0 Å². The van der Waals surface area contributed by atoms with Gasteiger partial charge in [0, 0.05) is 18.9 Å². The van der Waals surface area contributed by atoms with Gasteiger partial charge in [0.05, 0.1) is 12.2 Å². The summed E-state index contributed by atoms with van der Waals surface area (Å²) in [6.45, 7) is -2.54. The molecule has 0 unspecified atom stereocenters. The Balaban J connectivity index is -0.0000000450. The first-order chi connectivity index (χ1) is 1.73. The predicted octanol–water partition coefficient (Wildman–Crippen LogP) is 1.31. The third kappa shape index (κ3) is 68.0. The topological polar surface area (TPSA) is 34.1 Å². The van der Waals surface area contributed by atoms with Crippen molar-refractivity contribution in [3.8, 4) is 0 Å². The molecule has 0 spiro atoms. The minimum Gasteiger partial charge on any atom is -0.224 e. The van der Waals surface area contributed by atoms with Gasteiger partial charge in [0.25, 0.3) is 0 Å². The minimum atomic E-state index is -2.54. The summed E-state index contributed by atoms with van der Waals surface area (Å²) >= 11 is 3.57. The molecular weight excluding hydrogens is 137 g/mol. The van der Waals surface area contributed by atoms with E-state index in [2.05, 4.69) is 12.2 Å². The zero-order valence-corrected chi connectivity index (χ0v) is 5.61. The third-order valence-electron chi connectivity index (χ3n) is 0. The second-order valence-corrected chi connectivity index (χ2v) is 1.57. The number of halogens is 1. The van der Waals surface area contributed by atoms with Gasteiger partial charge >= 0.3 is 6.88 Å². The van der Waals surface area contributed by atoms with Crippen LogP contribution in [0.3, 0.4) is 0 Å². The molecule has 0 aliphatic carbocycles. The average Bonchev–Trinajstić information content (AvgIpc) is 0.811. The third-order valence-corrected chi connectivity index (χ3v) is 0. The number of hydrogen-bond donors (Lipinski definition) is 0. The van der Waals surface area contributed by atoms with E-state index in [1.807, 2.05) is 0 Å². The van der Waals surface area contributed by atoms with Crippen molar-refractivity contribution in [2.24, 2.45) is 0 Å². The maximum atomic E-state index is 8.85. The molecular formula is HClLiO2PS. The largest absolute Gasteiger partial charge is 0.390 e. The van der Waals surface area contributed by atoms with E-state index in [1.165, 1.54) is 0 Å². The molecule has 2 radical (unpaired) electrons.